The molecule has 0 amide bonds. The highest BCUT2D eigenvalue weighted by Gasteiger charge is 2.40. The van der Waals surface area contributed by atoms with E-state index < -0.39 is 39.3 Å². The van der Waals surface area contributed by atoms with E-state index in [0.717, 1.165) is 5.57 Å². The van der Waals surface area contributed by atoms with Crippen LogP contribution in [-0.2, 0) is 74.5 Å². The monoisotopic (exact) mass is 1680 g/mol. The van der Waals surface area contributed by atoms with Crippen LogP contribution in [0, 0.1) is 0 Å². The fourth-order valence-electron chi connectivity index (χ4n) is 16.7. The highest BCUT2D eigenvalue weighted by molar-refractivity contribution is 6.41. The molecule has 0 radical (unpaired) electrons. The van der Waals surface area contributed by atoms with Crippen molar-refractivity contribution in [1.29, 1.82) is 0 Å². The molecule has 12 rings (SSSR count). The summed E-state index contributed by atoms with van der Waals surface area (Å²) in [6.45, 7) is 15.9. The zero-order valence-electron chi connectivity index (χ0n) is 70.2. The molecule has 10 aromatic rings. The van der Waals surface area contributed by atoms with Crippen LogP contribution in [0.2, 0.25) is 0 Å². The van der Waals surface area contributed by atoms with Crippen LogP contribution in [0.5, 0.6) is 57.5 Å². The number of methoxy groups -OCH3 is 6. The number of aliphatic imine (C=N–C) groups is 1. The molecule has 7 N–H and O–H groups in total. The Hall–Kier alpha value is -9.78. The van der Waals surface area contributed by atoms with Gasteiger partial charge in [0, 0.05) is 114 Å². The van der Waals surface area contributed by atoms with Crippen molar-refractivity contribution in [3.63, 3.8) is 0 Å². The second-order valence-electron chi connectivity index (χ2n) is 28.9. The Labute approximate surface area is 697 Å². The second-order valence-corrected chi connectivity index (χ2v) is 28.9. The molecule has 31 heteroatoms. The summed E-state index contributed by atoms with van der Waals surface area (Å²) in [4.78, 5) is 74.6. The van der Waals surface area contributed by atoms with Gasteiger partial charge in [-0.2, -0.15) is 0 Å². The molecule has 0 spiro atoms. The van der Waals surface area contributed by atoms with E-state index >= 15 is 0 Å². The first-order valence-corrected chi connectivity index (χ1v) is 40.4. The molecule has 0 bridgehead atoms. The number of allylic oxidation sites excluding steroid dienone is 2. The van der Waals surface area contributed by atoms with Gasteiger partial charge < -0.3 is 121 Å². The van der Waals surface area contributed by atoms with Crippen LogP contribution in [0.1, 0.15) is 85.8 Å². The van der Waals surface area contributed by atoms with Crippen LogP contribution in [0.15, 0.2) is 59.6 Å². The maximum absolute atomic E-state index is 14.2. The summed E-state index contributed by atoms with van der Waals surface area (Å²) < 4.78 is 101. The summed E-state index contributed by atoms with van der Waals surface area (Å²) in [6.07, 6.45) is 5.40. The van der Waals surface area contributed by atoms with Gasteiger partial charge >= 0.3 is 0 Å². The molecule has 0 heterocycles. The van der Waals surface area contributed by atoms with Crippen molar-refractivity contribution in [2.75, 3.05) is 228 Å². The Morgan fingerprint density at radius 2 is 0.587 bits per heavy atom. The number of aliphatic hydroxyl groups is 3. The molecule has 0 saturated carbocycles. The number of rotatable bonds is 52. The molecule has 0 fully saturated rings. The number of ether oxygens (including phenoxy) is 18. The molecular weight excluding hydrogens is 1570 g/mol. The Kier molecular flexibility index (Phi) is 33.3. The predicted octanol–water partition coefficient (Wildman–Crippen LogP) is 8.76. The van der Waals surface area contributed by atoms with Crippen molar-refractivity contribution in [2.24, 2.45) is 4.99 Å². The molecular formula is C90H109NO30. The van der Waals surface area contributed by atoms with Crippen molar-refractivity contribution in [1.82, 2.24) is 0 Å². The maximum Gasteiger partial charge on any atom is 0.194 e. The number of benzene rings is 10. The average molecular weight is 1680 g/mol. The lowest BCUT2D eigenvalue weighted by atomic mass is 9.80. The van der Waals surface area contributed by atoms with Gasteiger partial charge in [0.2, 0.25) is 0 Å². The molecule has 654 valence electrons. The van der Waals surface area contributed by atoms with Crippen LogP contribution < -0.4 is 50.1 Å². The number of hydrogen-bond acceptors (Lipinski definition) is 31. The Balaban J connectivity index is 0.000000243. The van der Waals surface area contributed by atoms with Crippen LogP contribution in [0.25, 0.3) is 98.3 Å². The lowest BCUT2D eigenvalue weighted by molar-refractivity contribution is -0.117. The van der Waals surface area contributed by atoms with Gasteiger partial charge in [-0.3, -0.25) is 29.0 Å². The van der Waals surface area contributed by atoms with E-state index in [2.05, 4.69) is 0 Å². The molecule has 2 aliphatic rings. The van der Waals surface area contributed by atoms with E-state index in [4.69, 9.17) is 106 Å². The van der Waals surface area contributed by atoms with Gasteiger partial charge in [0.15, 0.2) is 44.7 Å². The van der Waals surface area contributed by atoms with Crippen molar-refractivity contribution in [3.05, 3.63) is 110 Å². The van der Waals surface area contributed by atoms with Crippen LogP contribution in [0.4, 0.5) is 0 Å². The topological polar surface area (TPSA) is 405 Å². The first-order chi connectivity index (χ1) is 58.8. The lowest BCUT2D eigenvalue weighted by Gasteiger charge is -2.26. The largest absolute Gasteiger partial charge is 0.507 e. The maximum atomic E-state index is 14.2. The highest BCUT2D eigenvalue weighted by Crippen LogP contribution is 2.60. The number of fused-ring (bicyclic) bond motifs is 2. The zero-order chi connectivity index (χ0) is 86.6. The summed E-state index contributed by atoms with van der Waals surface area (Å²) in [7, 11) is 8.54. The standard InChI is InChI=1S/C50H65NO17.C40H44O13/c1-30-27-33-32(7-6-11-61-15-19-65-23-25-67-21-17-63-13-9-52)48(56)40-34(54)28-36(58-3)42-43-37(59-4)29-35(55)41-46(43)45(39(33)44(40)42)47(50(60-5)49(41)57)38(30)31(2)51-8-12-62-16-20-66-24-26-68-22-18-64-14-10-53;1-20-17-23-22(7-6-9-50-11-13-52-15-16-53-14-12-51-10-8-41)38(45)30-24(43)18-26(47-3)32-33-27(48-4)19-25(44)31-36(33)35(29(23)34(30)32)37(28(20)21(2)42)40(49-5)39(31)46/h27-29,38,52-53,56-57H,6-26H2,1-5H3;17-19,28,41,45-46H,6-16H2,1-5H3. The Bertz CT molecular complexity index is 5610. The molecule has 2 unspecified atom stereocenters. The number of Topliss-reactive ketones (excluding diaryl/α,β-unsaturated/α-hetero) is 1. The third kappa shape index (κ3) is 19.4. The van der Waals surface area contributed by atoms with Crippen molar-refractivity contribution in [2.45, 2.75) is 65.2 Å². The third-order valence-corrected chi connectivity index (χ3v) is 21.6. The van der Waals surface area contributed by atoms with E-state index in [0.29, 0.717) is 280 Å². The van der Waals surface area contributed by atoms with Gasteiger partial charge in [0.25, 0.3) is 0 Å². The minimum Gasteiger partial charge on any atom is -0.507 e. The first kappa shape index (κ1) is 92.0. The summed E-state index contributed by atoms with van der Waals surface area (Å²) in [5, 5.41) is 80.0. The van der Waals surface area contributed by atoms with Crippen molar-refractivity contribution in [3.8, 4) is 57.5 Å². The summed E-state index contributed by atoms with van der Waals surface area (Å²) in [6, 6.07) is 5.20. The fraction of sp³-hybridized carbons (Fsp3) is 0.489. The van der Waals surface area contributed by atoms with E-state index in [9.17, 15) is 44.4 Å². The number of aromatic hydroxyl groups is 4. The van der Waals surface area contributed by atoms with Gasteiger partial charge in [-0.15, -0.1) is 0 Å². The highest BCUT2D eigenvalue weighted by atomic mass is 16.6. The van der Waals surface area contributed by atoms with Crippen molar-refractivity contribution >= 4 is 110 Å². The molecule has 0 saturated heterocycles. The minimum absolute atomic E-state index is 0.0143. The smallest absolute Gasteiger partial charge is 0.194 e. The van der Waals surface area contributed by atoms with E-state index in [-0.39, 0.29) is 119 Å². The lowest BCUT2D eigenvalue weighted by Crippen LogP contribution is -2.16. The molecule has 10 aromatic carbocycles. The van der Waals surface area contributed by atoms with Crippen LogP contribution in [-0.4, -0.2) is 275 Å². The van der Waals surface area contributed by atoms with E-state index in [1.54, 1.807) is 6.92 Å². The number of nitrogens with zero attached hydrogens (tertiary/aromatic N) is 1. The van der Waals surface area contributed by atoms with Crippen molar-refractivity contribution < 1.29 is 126 Å². The molecule has 0 aromatic heterocycles. The normalized spacial score (nSPS) is 14.1. The molecule has 121 heavy (non-hydrogen) atoms. The van der Waals surface area contributed by atoms with Gasteiger partial charge in [0.05, 0.1) is 242 Å². The predicted molar refractivity (Wildman–Crippen MR) is 458 cm³/mol. The fourth-order valence-corrected chi connectivity index (χ4v) is 16.7. The molecule has 0 aliphatic heterocycles. The third-order valence-electron chi connectivity index (χ3n) is 21.6. The number of carbonyl (C=O) groups is 1. The van der Waals surface area contributed by atoms with Crippen LogP contribution >= 0.6 is 0 Å². The van der Waals surface area contributed by atoms with Gasteiger partial charge in [-0.05, 0) is 86.1 Å². The summed E-state index contributed by atoms with van der Waals surface area (Å²) in [5.41, 5.74) is 3.24. The van der Waals surface area contributed by atoms with Gasteiger partial charge in [-0.1, -0.05) is 23.3 Å². The number of phenols is 4. The molecule has 2 atom stereocenters. The molecule has 31 nitrogen and oxygen atoms in total. The number of ketones is 1. The quantitative estimate of drug-likeness (QED) is 0.00810. The molecule has 2 aliphatic carbocycles. The Morgan fingerprint density at radius 1 is 0.322 bits per heavy atom. The van der Waals surface area contributed by atoms with E-state index in [1.807, 2.05) is 26.0 Å². The number of carbonyl (C=O) groups excluding carboxylic acids is 1. The first-order valence-electron chi connectivity index (χ1n) is 40.4. The van der Waals surface area contributed by atoms with Gasteiger partial charge in [0.1, 0.15) is 40.3 Å². The van der Waals surface area contributed by atoms with E-state index in [1.165, 1.54) is 73.8 Å². The van der Waals surface area contributed by atoms with Crippen LogP contribution in [0.3, 0.4) is 0 Å². The average Bonchev–Trinajstić information content (AvgIpc) is 1.66. The summed E-state index contributed by atoms with van der Waals surface area (Å²) in [5.74, 6) is -2.01. The number of phenolic OH excluding ortho intramolecular Hbond substituents is 4. The Morgan fingerprint density at radius 3 is 0.876 bits per heavy atom. The minimum atomic E-state index is -0.894. The number of aliphatic hydroxyl groups excluding tert-OH is 3. The SMILES string of the molecule is COc1c(O)c2c(=O)cc(OC)c3c4c(OC)cc(=O)c5c(O)c(CCCOCCOCCOCCOCCO)c6c(c(c1C(C(C)=NCCOCCOCCOCCOCCO)C(C)=C6)c23)c54.COc1c(O)c2c(=O)cc(OC)c3c4c(OC)cc(=O)c5c(O)c(CCCOCCOCCOCCOCCO)c6c(c(c1C(C(C)=O)C(C)=C6)c23)c54. The van der Waals surface area contributed by atoms with Gasteiger partial charge in [-0.25, -0.2) is 0 Å². The summed E-state index contributed by atoms with van der Waals surface area (Å²) >= 11 is 0. The second kappa shape index (κ2) is 43.8. The number of hydrogen-bond donors (Lipinski definition) is 7. The zero-order valence-corrected chi connectivity index (χ0v) is 70.2.